The first-order valence-electron chi connectivity index (χ1n) is 8.96. The summed E-state index contributed by atoms with van der Waals surface area (Å²) in [5.74, 6) is 1.03. The summed E-state index contributed by atoms with van der Waals surface area (Å²) in [6.45, 7) is 2.63. The number of piperidine rings is 1. The molecule has 6 heteroatoms. The molecule has 134 valence electrons. The minimum atomic E-state index is -0.214. The van der Waals surface area contributed by atoms with E-state index < -0.39 is 0 Å². The van der Waals surface area contributed by atoms with Crippen LogP contribution < -0.4 is 11.1 Å². The van der Waals surface area contributed by atoms with E-state index in [1.54, 1.807) is 0 Å². The molecule has 3 rings (SSSR count). The van der Waals surface area contributed by atoms with Crippen molar-refractivity contribution in [1.29, 1.82) is 0 Å². The number of aliphatic imine (C=N–C) groups is 1. The van der Waals surface area contributed by atoms with E-state index in [0.717, 1.165) is 44.9 Å². The summed E-state index contributed by atoms with van der Waals surface area (Å²) in [6, 6.07) is 10.5. The van der Waals surface area contributed by atoms with Crippen molar-refractivity contribution in [3.63, 3.8) is 0 Å². The van der Waals surface area contributed by atoms with Crippen LogP contribution in [0.4, 0.5) is 0 Å². The van der Waals surface area contributed by atoms with E-state index in [4.69, 9.17) is 5.73 Å². The molecule has 0 radical (unpaired) electrons. The number of hydrogen-bond donors (Lipinski definition) is 3. The van der Waals surface area contributed by atoms with Crippen LogP contribution in [0, 0.1) is 5.92 Å². The SMILES string of the molecule is CN=C(NCCc1cc2ccccc2[nH]1)N1CCCC(CC(N)=O)C1. The van der Waals surface area contributed by atoms with Crippen molar-refractivity contribution < 1.29 is 4.79 Å². The van der Waals surface area contributed by atoms with E-state index in [-0.39, 0.29) is 5.91 Å². The van der Waals surface area contributed by atoms with Crippen LogP contribution in [0.3, 0.4) is 0 Å². The third-order valence-corrected chi connectivity index (χ3v) is 4.78. The first kappa shape index (κ1) is 17.3. The number of carbonyl (C=O) groups is 1. The molecule has 2 aromatic rings. The van der Waals surface area contributed by atoms with E-state index in [1.807, 2.05) is 13.1 Å². The molecule has 1 aliphatic heterocycles. The zero-order valence-corrected chi connectivity index (χ0v) is 14.8. The van der Waals surface area contributed by atoms with Gasteiger partial charge in [0.05, 0.1) is 0 Å². The Morgan fingerprint density at radius 2 is 2.28 bits per heavy atom. The first-order valence-corrected chi connectivity index (χ1v) is 8.96. The molecule has 0 spiro atoms. The Kier molecular flexibility index (Phi) is 5.58. The second-order valence-corrected chi connectivity index (χ2v) is 6.73. The van der Waals surface area contributed by atoms with Crippen molar-refractivity contribution in [3.8, 4) is 0 Å². The summed E-state index contributed by atoms with van der Waals surface area (Å²) in [5, 5.41) is 4.69. The molecule has 0 bridgehead atoms. The Morgan fingerprint density at radius 3 is 3.04 bits per heavy atom. The molecule has 6 nitrogen and oxygen atoms in total. The van der Waals surface area contributed by atoms with Gasteiger partial charge in [0.25, 0.3) is 0 Å². The van der Waals surface area contributed by atoms with Crippen molar-refractivity contribution in [2.24, 2.45) is 16.6 Å². The number of para-hydroxylation sites is 1. The summed E-state index contributed by atoms with van der Waals surface area (Å²) in [4.78, 5) is 21.3. The molecule has 25 heavy (non-hydrogen) atoms. The lowest BCUT2D eigenvalue weighted by Crippen LogP contribution is -2.47. The lowest BCUT2D eigenvalue weighted by molar-refractivity contribution is -0.119. The Balaban J connectivity index is 1.52. The zero-order chi connectivity index (χ0) is 17.6. The van der Waals surface area contributed by atoms with Crippen molar-refractivity contribution in [2.45, 2.75) is 25.7 Å². The number of aromatic nitrogens is 1. The van der Waals surface area contributed by atoms with Gasteiger partial charge in [-0.2, -0.15) is 0 Å². The normalized spacial score (nSPS) is 18.5. The van der Waals surface area contributed by atoms with E-state index in [2.05, 4.69) is 44.5 Å². The molecule has 1 aliphatic rings. The number of nitrogens with two attached hydrogens (primary N) is 1. The Hall–Kier alpha value is -2.50. The average Bonchev–Trinajstić information content (AvgIpc) is 3.01. The van der Waals surface area contributed by atoms with E-state index in [1.165, 1.54) is 16.6 Å². The number of amides is 1. The molecule has 1 aromatic heterocycles. The minimum absolute atomic E-state index is 0.214. The van der Waals surface area contributed by atoms with Crippen molar-refractivity contribution in [3.05, 3.63) is 36.0 Å². The van der Waals surface area contributed by atoms with E-state index >= 15 is 0 Å². The van der Waals surface area contributed by atoms with Gasteiger partial charge in [0, 0.05) is 50.7 Å². The number of hydrogen-bond acceptors (Lipinski definition) is 2. The fraction of sp³-hybridized carbons (Fsp3) is 0.474. The number of nitrogens with one attached hydrogen (secondary N) is 2. The van der Waals surface area contributed by atoms with Crippen molar-refractivity contribution >= 4 is 22.8 Å². The number of rotatable bonds is 5. The van der Waals surface area contributed by atoms with Gasteiger partial charge in [0.15, 0.2) is 5.96 Å². The molecule has 1 fully saturated rings. The molecule has 1 atom stereocenters. The van der Waals surface area contributed by atoms with Crippen LogP contribution in [0.5, 0.6) is 0 Å². The maximum absolute atomic E-state index is 11.2. The van der Waals surface area contributed by atoms with Crippen LogP contribution in [0.1, 0.15) is 25.0 Å². The van der Waals surface area contributed by atoms with Crippen LogP contribution in [-0.4, -0.2) is 48.4 Å². The molecule has 0 saturated carbocycles. The largest absolute Gasteiger partial charge is 0.370 e. The monoisotopic (exact) mass is 341 g/mol. The first-order chi connectivity index (χ1) is 12.2. The third-order valence-electron chi connectivity index (χ3n) is 4.78. The van der Waals surface area contributed by atoms with E-state index in [9.17, 15) is 4.79 Å². The second-order valence-electron chi connectivity index (χ2n) is 6.73. The third kappa shape index (κ3) is 4.53. The van der Waals surface area contributed by atoms with Gasteiger partial charge in [0.1, 0.15) is 0 Å². The number of carbonyl (C=O) groups excluding carboxylic acids is 1. The molecule has 1 amide bonds. The summed E-state index contributed by atoms with van der Waals surface area (Å²) >= 11 is 0. The predicted octanol–water partition coefficient (Wildman–Crippen LogP) is 1.87. The smallest absolute Gasteiger partial charge is 0.217 e. The molecule has 0 aliphatic carbocycles. The number of primary amides is 1. The number of fused-ring (bicyclic) bond motifs is 1. The Bertz CT molecular complexity index is 718. The summed E-state index contributed by atoms with van der Waals surface area (Å²) in [5.41, 5.74) is 7.74. The average molecular weight is 341 g/mol. The number of H-pyrrole nitrogens is 1. The molecule has 4 N–H and O–H groups in total. The maximum atomic E-state index is 11.2. The maximum Gasteiger partial charge on any atom is 0.217 e. The zero-order valence-electron chi connectivity index (χ0n) is 14.8. The summed E-state index contributed by atoms with van der Waals surface area (Å²) in [7, 11) is 1.81. The van der Waals surface area contributed by atoms with Gasteiger partial charge in [-0.3, -0.25) is 9.79 Å². The van der Waals surface area contributed by atoms with Gasteiger partial charge in [0.2, 0.25) is 5.91 Å². The lowest BCUT2D eigenvalue weighted by atomic mass is 9.95. The highest BCUT2D eigenvalue weighted by Crippen LogP contribution is 2.19. The van der Waals surface area contributed by atoms with Crippen LogP contribution in [-0.2, 0) is 11.2 Å². The molecule has 1 aromatic carbocycles. The quantitative estimate of drug-likeness (QED) is 0.573. The van der Waals surface area contributed by atoms with Gasteiger partial charge < -0.3 is 20.9 Å². The van der Waals surface area contributed by atoms with Gasteiger partial charge in [-0.05, 0) is 36.3 Å². The second kappa shape index (κ2) is 8.05. The fourth-order valence-electron chi connectivity index (χ4n) is 3.62. The fourth-order valence-corrected chi connectivity index (χ4v) is 3.62. The van der Waals surface area contributed by atoms with E-state index in [0.29, 0.717) is 12.3 Å². The topological polar surface area (TPSA) is 86.5 Å². The van der Waals surface area contributed by atoms with Gasteiger partial charge in [-0.15, -0.1) is 0 Å². The number of benzene rings is 1. The van der Waals surface area contributed by atoms with Crippen LogP contribution >= 0.6 is 0 Å². The highest BCUT2D eigenvalue weighted by molar-refractivity contribution is 5.81. The molecule has 2 heterocycles. The number of aromatic amines is 1. The summed E-state index contributed by atoms with van der Waals surface area (Å²) < 4.78 is 0. The van der Waals surface area contributed by atoms with Crippen LogP contribution in [0.15, 0.2) is 35.3 Å². The van der Waals surface area contributed by atoms with Gasteiger partial charge in [-0.1, -0.05) is 18.2 Å². The lowest BCUT2D eigenvalue weighted by Gasteiger charge is -2.34. The standard InChI is InChI=1S/C19H27N5O/c1-21-19(24-10-4-5-14(13-24)11-18(20)25)22-9-8-16-12-15-6-2-3-7-17(15)23-16/h2-3,6-7,12,14,23H,4-5,8-11,13H2,1H3,(H2,20,25)(H,21,22). The highest BCUT2D eigenvalue weighted by atomic mass is 16.1. The number of guanidine groups is 1. The highest BCUT2D eigenvalue weighted by Gasteiger charge is 2.23. The molecule has 1 unspecified atom stereocenters. The number of likely N-dealkylation sites (tertiary alicyclic amines) is 1. The summed E-state index contributed by atoms with van der Waals surface area (Å²) in [6.07, 6.45) is 3.50. The van der Waals surface area contributed by atoms with Gasteiger partial charge >= 0.3 is 0 Å². The molecular weight excluding hydrogens is 314 g/mol. The predicted molar refractivity (Wildman–Crippen MR) is 101 cm³/mol. The van der Waals surface area contributed by atoms with Crippen molar-refractivity contribution in [1.82, 2.24) is 15.2 Å². The molecular formula is C19H27N5O. The Labute approximate surface area is 148 Å². The minimum Gasteiger partial charge on any atom is -0.370 e. The van der Waals surface area contributed by atoms with Crippen molar-refractivity contribution in [2.75, 3.05) is 26.7 Å². The van der Waals surface area contributed by atoms with Crippen LogP contribution in [0.2, 0.25) is 0 Å². The number of nitrogens with zero attached hydrogens (tertiary/aromatic N) is 2. The van der Waals surface area contributed by atoms with Crippen LogP contribution in [0.25, 0.3) is 10.9 Å². The van der Waals surface area contributed by atoms with Gasteiger partial charge in [-0.25, -0.2) is 0 Å². The molecule has 1 saturated heterocycles. The Morgan fingerprint density at radius 1 is 1.44 bits per heavy atom.